The van der Waals surface area contributed by atoms with Crippen molar-refractivity contribution in [1.29, 1.82) is 0 Å². The van der Waals surface area contributed by atoms with Crippen molar-refractivity contribution in [3.8, 4) is 0 Å². The van der Waals surface area contributed by atoms with E-state index in [0.717, 1.165) is 50.9 Å². The smallest absolute Gasteiger partial charge is 0.231 e. The molecule has 1 aliphatic rings. The van der Waals surface area contributed by atoms with Crippen molar-refractivity contribution >= 4 is 17.8 Å². The van der Waals surface area contributed by atoms with E-state index in [1.165, 1.54) is 19.3 Å². The summed E-state index contributed by atoms with van der Waals surface area (Å²) in [6.07, 6.45) is 5.85. The van der Waals surface area contributed by atoms with Crippen LogP contribution in [0.1, 0.15) is 46.0 Å². The Morgan fingerprint density at radius 1 is 1.00 bits per heavy atom. The van der Waals surface area contributed by atoms with Crippen molar-refractivity contribution in [2.45, 2.75) is 46.0 Å². The van der Waals surface area contributed by atoms with Crippen LogP contribution in [0.3, 0.4) is 0 Å². The third-order valence-electron chi connectivity index (χ3n) is 3.54. The molecule has 6 nitrogen and oxygen atoms in total. The number of hydrogen-bond donors (Lipinski definition) is 1. The first-order valence-corrected chi connectivity index (χ1v) is 7.76. The van der Waals surface area contributed by atoms with Gasteiger partial charge in [-0.25, -0.2) is 0 Å². The normalized spacial score (nSPS) is 15.4. The van der Waals surface area contributed by atoms with Gasteiger partial charge < -0.3 is 15.5 Å². The lowest BCUT2D eigenvalue weighted by Crippen LogP contribution is -2.33. The lowest BCUT2D eigenvalue weighted by atomic mass is 10.1. The van der Waals surface area contributed by atoms with E-state index in [-0.39, 0.29) is 0 Å². The van der Waals surface area contributed by atoms with E-state index in [4.69, 9.17) is 5.73 Å². The highest BCUT2D eigenvalue weighted by Crippen LogP contribution is 2.19. The average Bonchev–Trinajstić information content (AvgIpc) is 2.47. The number of nitrogens with two attached hydrogens (primary N) is 1. The summed E-state index contributed by atoms with van der Waals surface area (Å²) in [6, 6.07) is 0. The van der Waals surface area contributed by atoms with Gasteiger partial charge in [0.15, 0.2) is 0 Å². The summed E-state index contributed by atoms with van der Waals surface area (Å²) in [6.45, 7) is 8.28. The molecule has 0 amide bonds. The highest BCUT2D eigenvalue weighted by atomic mass is 15.3. The SMILES string of the molecule is CCCN(CCC)c1nc(N)nc(N2CCCCC2)n1. The van der Waals surface area contributed by atoms with Gasteiger partial charge in [-0.1, -0.05) is 13.8 Å². The number of nitrogens with zero attached hydrogens (tertiary/aromatic N) is 5. The lowest BCUT2D eigenvalue weighted by Gasteiger charge is -2.28. The summed E-state index contributed by atoms with van der Waals surface area (Å²) < 4.78 is 0. The van der Waals surface area contributed by atoms with Crippen molar-refractivity contribution < 1.29 is 0 Å². The molecule has 1 aromatic rings. The lowest BCUT2D eigenvalue weighted by molar-refractivity contribution is 0.567. The van der Waals surface area contributed by atoms with Crippen LogP contribution in [0, 0.1) is 0 Å². The first-order valence-electron chi connectivity index (χ1n) is 7.76. The average molecular weight is 278 g/mol. The van der Waals surface area contributed by atoms with E-state index < -0.39 is 0 Å². The fraction of sp³-hybridized carbons (Fsp3) is 0.786. The van der Waals surface area contributed by atoms with Gasteiger partial charge in [0.1, 0.15) is 0 Å². The molecular weight excluding hydrogens is 252 g/mol. The van der Waals surface area contributed by atoms with E-state index >= 15 is 0 Å². The zero-order chi connectivity index (χ0) is 14.4. The van der Waals surface area contributed by atoms with Crippen molar-refractivity contribution in [2.24, 2.45) is 0 Å². The third-order valence-corrected chi connectivity index (χ3v) is 3.54. The number of nitrogen functional groups attached to an aromatic ring is 1. The van der Waals surface area contributed by atoms with Crippen LogP contribution in [0.25, 0.3) is 0 Å². The predicted molar refractivity (Wildman–Crippen MR) is 83.1 cm³/mol. The van der Waals surface area contributed by atoms with E-state index in [1.54, 1.807) is 0 Å². The maximum Gasteiger partial charge on any atom is 0.231 e. The maximum atomic E-state index is 5.88. The topological polar surface area (TPSA) is 71.2 Å². The Morgan fingerprint density at radius 2 is 1.65 bits per heavy atom. The molecule has 1 fully saturated rings. The monoisotopic (exact) mass is 278 g/mol. The Kier molecular flexibility index (Phi) is 5.38. The van der Waals surface area contributed by atoms with Gasteiger partial charge in [-0.3, -0.25) is 0 Å². The van der Waals surface area contributed by atoms with Crippen molar-refractivity contribution in [2.75, 3.05) is 41.7 Å². The van der Waals surface area contributed by atoms with E-state index in [1.807, 2.05) is 0 Å². The van der Waals surface area contributed by atoms with Crippen LogP contribution in [0.4, 0.5) is 17.8 Å². The second-order valence-corrected chi connectivity index (χ2v) is 5.33. The number of anilines is 3. The van der Waals surface area contributed by atoms with Crippen molar-refractivity contribution in [3.05, 3.63) is 0 Å². The molecule has 6 heteroatoms. The molecule has 0 bridgehead atoms. The molecule has 1 aromatic heterocycles. The number of hydrogen-bond acceptors (Lipinski definition) is 6. The van der Waals surface area contributed by atoms with Gasteiger partial charge in [0.25, 0.3) is 0 Å². The molecule has 0 aliphatic carbocycles. The van der Waals surface area contributed by atoms with Gasteiger partial charge in [0, 0.05) is 26.2 Å². The molecule has 2 N–H and O–H groups in total. The van der Waals surface area contributed by atoms with Crippen LogP contribution >= 0.6 is 0 Å². The van der Waals surface area contributed by atoms with Crippen LogP contribution in [-0.2, 0) is 0 Å². The summed E-state index contributed by atoms with van der Waals surface area (Å²) in [4.78, 5) is 17.7. The Labute approximate surface area is 121 Å². The first-order chi connectivity index (χ1) is 9.74. The number of piperidine rings is 1. The Morgan fingerprint density at radius 3 is 2.25 bits per heavy atom. The molecule has 0 radical (unpaired) electrons. The van der Waals surface area contributed by atoms with E-state index in [2.05, 4.69) is 38.6 Å². The largest absolute Gasteiger partial charge is 0.368 e. The minimum Gasteiger partial charge on any atom is -0.368 e. The summed E-state index contributed by atoms with van der Waals surface area (Å²) in [5.41, 5.74) is 5.88. The standard InChI is InChI=1S/C14H26N6/c1-3-8-19(9-4-2)13-16-12(15)17-14(18-13)20-10-6-5-7-11-20/h3-11H2,1-2H3,(H2,15,16,17,18). The summed E-state index contributed by atoms with van der Waals surface area (Å²) in [5.74, 6) is 1.79. The molecule has 0 unspecified atom stereocenters. The number of rotatable bonds is 6. The first kappa shape index (κ1) is 14.8. The van der Waals surface area contributed by atoms with Crippen LogP contribution in [0.5, 0.6) is 0 Å². The van der Waals surface area contributed by atoms with E-state index in [9.17, 15) is 0 Å². The second kappa shape index (κ2) is 7.26. The van der Waals surface area contributed by atoms with Crippen LogP contribution < -0.4 is 15.5 Å². The Hall–Kier alpha value is -1.59. The fourth-order valence-electron chi connectivity index (χ4n) is 2.60. The fourth-order valence-corrected chi connectivity index (χ4v) is 2.60. The Balaban J connectivity index is 2.21. The van der Waals surface area contributed by atoms with Gasteiger partial charge in [-0.05, 0) is 32.1 Å². The molecule has 0 atom stereocenters. The van der Waals surface area contributed by atoms with Crippen LogP contribution in [0.2, 0.25) is 0 Å². The summed E-state index contributed by atoms with van der Waals surface area (Å²) in [7, 11) is 0. The number of aromatic nitrogens is 3. The molecule has 20 heavy (non-hydrogen) atoms. The molecule has 0 saturated carbocycles. The molecule has 0 spiro atoms. The van der Waals surface area contributed by atoms with Gasteiger partial charge >= 0.3 is 0 Å². The van der Waals surface area contributed by atoms with Crippen LogP contribution in [-0.4, -0.2) is 41.1 Å². The molecule has 1 aliphatic heterocycles. The van der Waals surface area contributed by atoms with Crippen molar-refractivity contribution in [1.82, 2.24) is 15.0 Å². The molecule has 2 rings (SSSR count). The minimum absolute atomic E-state index is 0.327. The van der Waals surface area contributed by atoms with Gasteiger partial charge in [0.05, 0.1) is 0 Å². The van der Waals surface area contributed by atoms with Gasteiger partial charge in [-0.15, -0.1) is 0 Å². The molecule has 112 valence electrons. The molecule has 1 saturated heterocycles. The predicted octanol–water partition coefficient (Wildman–Crippen LogP) is 2.07. The van der Waals surface area contributed by atoms with Crippen LogP contribution in [0.15, 0.2) is 0 Å². The molecule has 2 heterocycles. The van der Waals surface area contributed by atoms with Crippen molar-refractivity contribution in [3.63, 3.8) is 0 Å². The minimum atomic E-state index is 0.327. The van der Waals surface area contributed by atoms with Gasteiger partial charge in [0.2, 0.25) is 17.8 Å². The van der Waals surface area contributed by atoms with Gasteiger partial charge in [-0.2, -0.15) is 15.0 Å². The molecule has 0 aromatic carbocycles. The Bertz CT molecular complexity index is 410. The van der Waals surface area contributed by atoms with E-state index in [0.29, 0.717) is 5.95 Å². The highest BCUT2D eigenvalue weighted by Gasteiger charge is 2.17. The summed E-state index contributed by atoms with van der Waals surface area (Å²) >= 11 is 0. The summed E-state index contributed by atoms with van der Waals surface area (Å²) in [5, 5.41) is 0. The maximum absolute atomic E-state index is 5.88. The second-order valence-electron chi connectivity index (χ2n) is 5.33. The highest BCUT2D eigenvalue weighted by molar-refractivity contribution is 5.43. The zero-order valence-corrected chi connectivity index (χ0v) is 12.7. The molecular formula is C14H26N6. The zero-order valence-electron chi connectivity index (χ0n) is 12.7. The quantitative estimate of drug-likeness (QED) is 0.859. The third kappa shape index (κ3) is 3.71.